The zero-order chi connectivity index (χ0) is 18.4. The first-order valence-corrected chi connectivity index (χ1v) is 8.48. The van der Waals surface area contributed by atoms with Crippen molar-refractivity contribution in [3.8, 4) is 6.07 Å². The molecule has 0 saturated carbocycles. The minimum Gasteiger partial charge on any atom is -0.370 e. The van der Waals surface area contributed by atoms with Gasteiger partial charge in [0.05, 0.1) is 17.5 Å². The molecule has 0 unspecified atom stereocenters. The van der Waals surface area contributed by atoms with Gasteiger partial charge in [0.15, 0.2) is 0 Å². The van der Waals surface area contributed by atoms with Crippen molar-refractivity contribution in [3.63, 3.8) is 0 Å². The van der Waals surface area contributed by atoms with Gasteiger partial charge in [-0.05, 0) is 60.7 Å². The normalized spacial score (nSPS) is 11.2. The lowest BCUT2D eigenvalue weighted by molar-refractivity contribution is 0.904. The Bertz CT molecular complexity index is 968. The smallest absolute Gasteiger partial charge is 0.109 e. The van der Waals surface area contributed by atoms with E-state index in [1.54, 1.807) is 12.1 Å². The highest BCUT2D eigenvalue weighted by atomic mass is 15.1. The van der Waals surface area contributed by atoms with E-state index in [2.05, 4.69) is 51.8 Å². The molecule has 1 heterocycles. The number of fused-ring (bicyclic) bond motifs is 1. The van der Waals surface area contributed by atoms with Crippen LogP contribution in [-0.4, -0.2) is 17.5 Å². The molecule has 0 radical (unpaired) electrons. The number of aryl methyl sites for hydroxylation is 1. The van der Waals surface area contributed by atoms with Gasteiger partial charge in [-0.1, -0.05) is 12.1 Å². The number of anilines is 1. The predicted molar refractivity (Wildman–Crippen MR) is 106 cm³/mol. The van der Waals surface area contributed by atoms with Crippen LogP contribution in [0.5, 0.6) is 0 Å². The van der Waals surface area contributed by atoms with E-state index in [0.29, 0.717) is 18.8 Å². The van der Waals surface area contributed by atoms with Gasteiger partial charge < -0.3 is 10.6 Å². The van der Waals surface area contributed by atoms with Gasteiger partial charge >= 0.3 is 0 Å². The molecule has 0 aliphatic carbocycles. The van der Waals surface area contributed by atoms with Crippen LogP contribution in [-0.2, 0) is 6.54 Å². The van der Waals surface area contributed by atoms with Crippen molar-refractivity contribution in [2.24, 2.45) is 4.99 Å². The van der Waals surface area contributed by atoms with E-state index in [0.717, 1.165) is 11.5 Å². The average Bonchev–Trinajstić information content (AvgIpc) is 2.68. The number of amidine groups is 1. The van der Waals surface area contributed by atoms with E-state index in [1.807, 2.05) is 31.5 Å². The molecule has 0 aliphatic rings. The van der Waals surface area contributed by atoms with Gasteiger partial charge in [0.25, 0.3) is 0 Å². The molecular formula is C21H21N5. The largest absolute Gasteiger partial charge is 0.370 e. The lowest BCUT2D eigenvalue weighted by atomic mass is 10.0. The summed E-state index contributed by atoms with van der Waals surface area (Å²) in [5.41, 5.74) is 4.05. The van der Waals surface area contributed by atoms with Crippen LogP contribution < -0.4 is 10.6 Å². The molecule has 0 amide bonds. The van der Waals surface area contributed by atoms with E-state index in [-0.39, 0.29) is 0 Å². The van der Waals surface area contributed by atoms with E-state index >= 15 is 0 Å². The number of nitrogens with zero attached hydrogens (tertiary/aromatic N) is 3. The Hall–Kier alpha value is -3.39. The fourth-order valence-corrected chi connectivity index (χ4v) is 2.74. The number of aliphatic imine (C=N–C) groups is 1. The Morgan fingerprint density at radius 1 is 1.12 bits per heavy atom. The Morgan fingerprint density at radius 3 is 2.69 bits per heavy atom. The summed E-state index contributed by atoms with van der Waals surface area (Å²) in [6.45, 7) is 5.24. The lowest BCUT2D eigenvalue weighted by Crippen LogP contribution is -2.21. The zero-order valence-corrected chi connectivity index (χ0v) is 15.0. The summed E-state index contributed by atoms with van der Waals surface area (Å²) in [6.07, 6.45) is 3.74. The van der Waals surface area contributed by atoms with Gasteiger partial charge in [-0.15, -0.1) is 0 Å². The Kier molecular flexibility index (Phi) is 5.45. The number of hydrogen-bond acceptors (Lipinski definition) is 4. The van der Waals surface area contributed by atoms with E-state index in [1.165, 1.54) is 21.9 Å². The molecule has 1 aromatic heterocycles. The molecule has 3 aromatic rings. The molecule has 0 spiro atoms. The number of rotatable bonds is 5. The second-order valence-electron chi connectivity index (χ2n) is 6.08. The van der Waals surface area contributed by atoms with Crippen molar-refractivity contribution in [3.05, 3.63) is 71.5 Å². The number of pyridine rings is 1. The van der Waals surface area contributed by atoms with E-state index in [9.17, 15) is 0 Å². The van der Waals surface area contributed by atoms with Crippen LogP contribution in [0.1, 0.15) is 23.6 Å². The SMILES string of the molecule is C/C(=N\CNc1ccc(C#N)cc1)NCc1ccc(C)c2ccncc12. The molecule has 0 bridgehead atoms. The number of nitriles is 1. The third-order valence-electron chi connectivity index (χ3n) is 4.27. The van der Waals surface area contributed by atoms with Gasteiger partial charge in [-0.3, -0.25) is 9.98 Å². The molecule has 0 aliphatic heterocycles. The van der Waals surface area contributed by atoms with Gasteiger partial charge in [0, 0.05) is 30.0 Å². The number of hydrogen-bond donors (Lipinski definition) is 2. The zero-order valence-electron chi connectivity index (χ0n) is 15.0. The Balaban J connectivity index is 1.58. The number of benzene rings is 2. The quantitative estimate of drug-likeness (QED) is 0.543. The lowest BCUT2D eigenvalue weighted by Gasteiger charge is -2.11. The molecule has 2 N–H and O–H groups in total. The van der Waals surface area contributed by atoms with Crippen molar-refractivity contribution in [1.29, 1.82) is 5.26 Å². The molecule has 2 aromatic carbocycles. The van der Waals surface area contributed by atoms with Crippen LogP contribution in [0.4, 0.5) is 5.69 Å². The maximum Gasteiger partial charge on any atom is 0.109 e. The first-order valence-electron chi connectivity index (χ1n) is 8.48. The average molecular weight is 343 g/mol. The molecule has 0 saturated heterocycles. The number of aromatic nitrogens is 1. The summed E-state index contributed by atoms with van der Waals surface area (Å²) < 4.78 is 0. The molecule has 0 atom stereocenters. The van der Waals surface area contributed by atoms with Crippen LogP contribution in [0.3, 0.4) is 0 Å². The van der Waals surface area contributed by atoms with Gasteiger partial charge in [0.1, 0.15) is 6.67 Å². The fourth-order valence-electron chi connectivity index (χ4n) is 2.74. The monoisotopic (exact) mass is 343 g/mol. The van der Waals surface area contributed by atoms with Crippen LogP contribution in [0.25, 0.3) is 10.8 Å². The van der Waals surface area contributed by atoms with E-state index < -0.39 is 0 Å². The third kappa shape index (κ3) is 4.17. The molecule has 130 valence electrons. The van der Waals surface area contributed by atoms with Gasteiger partial charge in [0.2, 0.25) is 0 Å². The number of nitrogens with one attached hydrogen (secondary N) is 2. The van der Waals surface area contributed by atoms with Crippen molar-refractivity contribution in [2.45, 2.75) is 20.4 Å². The predicted octanol–water partition coefficient (Wildman–Crippen LogP) is 3.99. The molecule has 0 fully saturated rings. The summed E-state index contributed by atoms with van der Waals surface area (Å²) in [5.74, 6) is 0.865. The molecule has 5 heteroatoms. The summed E-state index contributed by atoms with van der Waals surface area (Å²) in [5, 5.41) is 17.8. The second-order valence-corrected chi connectivity index (χ2v) is 6.08. The second kappa shape index (κ2) is 8.13. The third-order valence-corrected chi connectivity index (χ3v) is 4.27. The highest BCUT2D eigenvalue weighted by Crippen LogP contribution is 2.21. The summed E-state index contributed by atoms with van der Waals surface area (Å²) >= 11 is 0. The van der Waals surface area contributed by atoms with Crippen molar-refractivity contribution in [1.82, 2.24) is 10.3 Å². The van der Waals surface area contributed by atoms with Crippen molar-refractivity contribution in [2.75, 3.05) is 12.0 Å². The fraction of sp³-hybridized carbons (Fsp3) is 0.190. The maximum absolute atomic E-state index is 8.81. The van der Waals surface area contributed by atoms with Crippen molar-refractivity contribution >= 4 is 22.3 Å². The minimum atomic E-state index is 0.473. The Labute approximate surface area is 153 Å². The summed E-state index contributed by atoms with van der Waals surface area (Å²) in [7, 11) is 0. The van der Waals surface area contributed by atoms with Crippen LogP contribution >= 0.6 is 0 Å². The minimum absolute atomic E-state index is 0.473. The highest BCUT2D eigenvalue weighted by molar-refractivity contribution is 5.88. The van der Waals surface area contributed by atoms with Crippen LogP contribution in [0.2, 0.25) is 0 Å². The summed E-state index contributed by atoms with van der Waals surface area (Å²) in [6, 6.07) is 15.8. The Morgan fingerprint density at radius 2 is 1.92 bits per heavy atom. The molecule has 5 nitrogen and oxygen atoms in total. The molecule has 26 heavy (non-hydrogen) atoms. The maximum atomic E-state index is 8.81. The molecular weight excluding hydrogens is 322 g/mol. The van der Waals surface area contributed by atoms with Gasteiger partial charge in [-0.25, -0.2) is 0 Å². The van der Waals surface area contributed by atoms with Crippen molar-refractivity contribution < 1.29 is 0 Å². The van der Waals surface area contributed by atoms with Crippen LogP contribution in [0, 0.1) is 18.3 Å². The standard InChI is InChI=1S/C21H21N5/c1-15-3-6-18(21-13-23-10-9-20(15)21)12-24-16(2)25-14-26-19-7-4-17(11-22)5-8-19/h3-10,13,26H,12,14H2,1-2H3,(H,24,25). The first-order chi connectivity index (χ1) is 12.7. The van der Waals surface area contributed by atoms with Gasteiger partial charge in [-0.2, -0.15) is 5.26 Å². The summed E-state index contributed by atoms with van der Waals surface area (Å²) in [4.78, 5) is 8.74. The highest BCUT2D eigenvalue weighted by Gasteiger charge is 2.03. The van der Waals surface area contributed by atoms with E-state index in [4.69, 9.17) is 5.26 Å². The van der Waals surface area contributed by atoms with Crippen LogP contribution in [0.15, 0.2) is 59.9 Å². The first kappa shape index (κ1) is 17.4. The molecule has 3 rings (SSSR count). The topological polar surface area (TPSA) is 73.1 Å².